The van der Waals surface area contributed by atoms with Crippen molar-refractivity contribution >= 4 is 15.9 Å². The standard InChI is InChI=1S/C21H21F2N3O5S/c1-2-30-18-13-15(7-8-17(18)31-21(22)23)20(27)25-9-11-26(12-10-25)32(28,29)19-6-4-3-5-16(19)14-24/h3-8,13,21H,2,9-12H2,1H3. The number of hydrogen-bond donors (Lipinski definition) is 0. The van der Waals surface area contributed by atoms with E-state index in [2.05, 4.69) is 4.74 Å². The van der Waals surface area contributed by atoms with E-state index in [1.54, 1.807) is 19.1 Å². The van der Waals surface area contributed by atoms with Gasteiger partial charge in [-0.2, -0.15) is 18.3 Å². The van der Waals surface area contributed by atoms with Crippen LogP contribution in [0.3, 0.4) is 0 Å². The van der Waals surface area contributed by atoms with Crippen LogP contribution in [0.1, 0.15) is 22.8 Å². The average molecular weight is 465 g/mol. The van der Waals surface area contributed by atoms with Gasteiger partial charge in [-0.05, 0) is 37.3 Å². The molecule has 0 aliphatic carbocycles. The highest BCUT2D eigenvalue weighted by Gasteiger charge is 2.32. The SMILES string of the molecule is CCOc1cc(C(=O)N2CCN(S(=O)(=O)c3ccccc3C#N)CC2)ccc1OC(F)F. The highest BCUT2D eigenvalue weighted by Crippen LogP contribution is 2.30. The molecule has 1 heterocycles. The van der Waals surface area contributed by atoms with Crippen molar-refractivity contribution in [2.24, 2.45) is 0 Å². The number of carbonyl (C=O) groups excluding carboxylic acids is 1. The number of nitriles is 1. The van der Waals surface area contributed by atoms with Gasteiger partial charge in [0.05, 0.1) is 17.1 Å². The third-order valence-electron chi connectivity index (χ3n) is 4.86. The van der Waals surface area contributed by atoms with Gasteiger partial charge in [-0.1, -0.05) is 12.1 Å². The largest absolute Gasteiger partial charge is 0.490 e. The lowest BCUT2D eigenvalue weighted by molar-refractivity contribution is -0.0514. The van der Waals surface area contributed by atoms with Gasteiger partial charge in [0.2, 0.25) is 10.0 Å². The molecule has 2 aromatic rings. The number of sulfonamides is 1. The van der Waals surface area contributed by atoms with Crippen LogP contribution < -0.4 is 9.47 Å². The number of piperazine rings is 1. The Balaban J connectivity index is 1.73. The minimum absolute atomic E-state index is 0.0213. The molecule has 2 aromatic carbocycles. The summed E-state index contributed by atoms with van der Waals surface area (Å²) in [6.45, 7) is -0.796. The Morgan fingerprint density at radius 1 is 1.12 bits per heavy atom. The summed E-state index contributed by atoms with van der Waals surface area (Å²) in [5.41, 5.74) is 0.266. The molecule has 0 saturated carbocycles. The first-order valence-corrected chi connectivity index (χ1v) is 11.2. The molecule has 32 heavy (non-hydrogen) atoms. The first-order chi connectivity index (χ1) is 15.3. The van der Waals surface area contributed by atoms with Crippen molar-refractivity contribution in [2.75, 3.05) is 32.8 Å². The smallest absolute Gasteiger partial charge is 0.387 e. The van der Waals surface area contributed by atoms with Crippen LogP contribution in [0.5, 0.6) is 11.5 Å². The van der Waals surface area contributed by atoms with Gasteiger partial charge in [0.25, 0.3) is 5.91 Å². The maximum absolute atomic E-state index is 12.9. The lowest BCUT2D eigenvalue weighted by atomic mass is 10.1. The van der Waals surface area contributed by atoms with Crippen molar-refractivity contribution in [1.29, 1.82) is 5.26 Å². The number of nitrogens with zero attached hydrogens (tertiary/aromatic N) is 3. The van der Waals surface area contributed by atoms with Crippen molar-refractivity contribution in [3.8, 4) is 17.6 Å². The fourth-order valence-electron chi connectivity index (χ4n) is 3.34. The number of amides is 1. The molecular formula is C21H21F2N3O5S. The zero-order valence-electron chi connectivity index (χ0n) is 17.2. The van der Waals surface area contributed by atoms with E-state index in [0.717, 1.165) is 0 Å². The van der Waals surface area contributed by atoms with Crippen LogP contribution in [0.2, 0.25) is 0 Å². The number of rotatable bonds is 7. The van der Waals surface area contributed by atoms with Gasteiger partial charge in [-0.3, -0.25) is 4.79 Å². The number of benzene rings is 2. The number of alkyl halides is 2. The first kappa shape index (κ1) is 23.4. The highest BCUT2D eigenvalue weighted by atomic mass is 32.2. The zero-order chi connectivity index (χ0) is 23.3. The maximum atomic E-state index is 12.9. The Labute approximate surface area is 184 Å². The van der Waals surface area contributed by atoms with Gasteiger partial charge < -0.3 is 14.4 Å². The summed E-state index contributed by atoms with van der Waals surface area (Å²) < 4.78 is 62.0. The summed E-state index contributed by atoms with van der Waals surface area (Å²) in [6.07, 6.45) is 0. The summed E-state index contributed by atoms with van der Waals surface area (Å²) in [4.78, 5) is 14.3. The molecule has 0 N–H and O–H groups in total. The predicted molar refractivity (Wildman–Crippen MR) is 110 cm³/mol. The van der Waals surface area contributed by atoms with Crippen LogP contribution in [0.25, 0.3) is 0 Å². The molecule has 3 rings (SSSR count). The Bertz CT molecular complexity index is 1130. The quantitative estimate of drug-likeness (QED) is 0.623. The van der Waals surface area contributed by atoms with E-state index in [1.807, 2.05) is 6.07 Å². The molecule has 0 atom stereocenters. The fraction of sp³-hybridized carbons (Fsp3) is 0.333. The predicted octanol–water partition coefficient (Wildman–Crippen LogP) is 2.71. The molecule has 170 valence electrons. The third-order valence-corrected chi connectivity index (χ3v) is 6.81. The molecule has 0 bridgehead atoms. The molecule has 0 unspecified atom stereocenters. The van der Waals surface area contributed by atoms with Crippen molar-refractivity contribution in [1.82, 2.24) is 9.21 Å². The van der Waals surface area contributed by atoms with E-state index >= 15 is 0 Å². The Morgan fingerprint density at radius 3 is 2.44 bits per heavy atom. The van der Waals surface area contributed by atoms with E-state index in [9.17, 15) is 27.3 Å². The van der Waals surface area contributed by atoms with Crippen molar-refractivity contribution in [2.45, 2.75) is 18.4 Å². The summed E-state index contributed by atoms with van der Waals surface area (Å²) in [5.74, 6) is -0.539. The summed E-state index contributed by atoms with van der Waals surface area (Å²) >= 11 is 0. The molecule has 1 fully saturated rings. The van der Waals surface area contributed by atoms with Crippen molar-refractivity contribution in [3.05, 3.63) is 53.6 Å². The van der Waals surface area contributed by atoms with Gasteiger partial charge >= 0.3 is 6.61 Å². The van der Waals surface area contributed by atoms with Gasteiger partial charge in [0.15, 0.2) is 11.5 Å². The number of hydrogen-bond acceptors (Lipinski definition) is 6. The summed E-state index contributed by atoms with van der Waals surface area (Å²) in [5, 5.41) is 9.20. The first-order valence-electron chi connectivity index (χ1n) is 9.78. The number of halogens is 2. The van der Waals surface area contributed by atoms with Gasteiger partial charge in [0.1, 0.15) is 6.07 Å². The fourth-order valence-corrected chi connectivity index (χ4v) is 4.90. The molecule has 0 spiro atoms. The maximum Gasteiger partial charge on any atom is 0.387 e. The second kappa shape index (κ2) is 9.93. The van der Waals surface area contributed by atoms with E-state index in [-0.39, 0.29) is 66.2 Å². The van der Waals surface area contributed by atoms with Crippen molar-refractivity contribution < 1.29 is 31.5 Å². The third kappa shape index (κ3) is 4.98. The minimum Gasteiger partial charge on any atom is -0.490 e. The molecule has 8 nitrogen and oxygen atoms in total. The lowest BCUT2D eigenvalue weighted by Crippen LogP contribution is -2.50. The molecule has 11 heteroatoms. The lowest BCUT2D eigenvalue weighted by Gasteiger charge is -2.34. The van der Waals surface area contributed by atoms with Gasteiger partial charge in [0, 0.05) is 31.7 Å². The number of ether oxygens (including phenoxy) is 2. The van der Waals surface area contributed by atoms with Crippen molar-refractivity contribution in [3.63, 3.8) is 0 Å². The molecule has 1 saturated heterocycles. The van der Waals surface area contributed by atoms with E-state index < -0.39 is 16.6 Å². The molecule has 0 radical (unpaired) electrons. The van der Waals surface area contributed by atoms with Gasteiger partial charge in [-0.25, -0.2) is 8.42 Å². The minimum atomic E-state index is -3.88. The molecule has 1 amide bonds. The number of carbonyl (C=O) groups is 1. The van der Waals surface area contributed by atoms with Gasteiger partial charge in [-0.15, -0.1) is 0 Å². The van der Waals surface area contributed by atoms with Crippen LogP contribution in [0, 0.1) is 11.3 Å². The van der Waals surface area contributed by atoms with Crippen LogP contribution in [-0.4, -0.2) is 62.9 Å². The second-order valence-corrected chi connectivity index (χ2v) is 8.68. The molecule has 0 aromatic heterocycles. The Morgan fingerprint density at radius 2 is 1.81 bits per heavy atom. The monoisotopic (exact) mass is 465 g/mol. The topological polar surface area (TPSA) is 99.9 Å². The molecular weight excluding hydrogens is 444 g/mol. The Hall–Kier alpha value is -3.23. The van der Waals surface area contributed by atoms with Crippen LogP contribution >= 0.6 is 0 Å². The van der Waals surface area contributed by atoms with E-state index in [4.69, 9.17) is 4.74 Å². The molecule has 1 aliphatic heterocycles. The van der Waals surface area contributed by atoms with Crippen LogP contribution in [0.4, 0.5) is 8.78 Å². The van der Waals surface area contributed by atoms with E-state index in [0.29, 0.717) is 0 Å². The zero-order valence-corrected chi connectivity index (χ0v) is 18.0. The van der Waals surface area contributed by atoms with E-state index in [1.165, 1.54) is 39.5 Å². The average Bonchev–Trinajstić information content (AvgIpc) is 2.79. The molecule has 1 aliphatic rings. The summed E-state index contributed by atoms with van der Waals surface area (Å²) in [6, 6.07) is 11.8. The Kier molecular flexibility index (Phi) is 7.27. The summed E-state index contributed by atoms with van der Waals surface area (Å²) in [7, 11) is -3.88. The van der Waals surface area contributed by atoms with Crippen LogP contribution in [-0.2, 0) is 10.0 Å². The normalized spacial score (nSPS) is 14.8. The second-order valence-electron chi connectivity index (χ2n) is 6.78. The highest BCUT2D eigenvalue weighted by molar-refractivity contribution is 7.89. The van der Waals surface area contributed by atoms with Crippen LogP contribution in [0.15, 0.2) is 47.4 Å².